The molecule has 0 spiro atoms. The van der Waals surface area contributed by atoms with Gasteiger partial charge in [0, 0.05) is 25.7 Å². The van der Waals surface area contributed by atoms with Crippen molar-refractivity contribution in [3.63, 3.8) is 0 Å². The molecular formula is C14H31N3O2S. The van der Waals surface area contributed by atoms with Crippen molar-refractivity contribution in [3.8, 4) is 0 Å². The van der Waals surface area contributed by atoms with E-state index in [0.717, 1.165) is 32.1 Å². The highest BCUT2D eigenvalue weighted by Crippen LogP contribution is 2.31. The third-order valence-corrected chi connectivity index (χ3v) is 6.31. The summed E-state index contributed by atoms with van der Waals surface area (Å²) in [6, 6.07) is 0.0891. The molecule has 1 aliphatic rings. The molecule has 0 radical (unpaired) electrons. The maximum Gasteiger partial charge on any atom is 0.282 e. The number of nitrogens with two attached hydrogens (primary N) is 1. The van der Waals surface area contributed by atoms with E-state index in [-0.39, 0.29) is 6.04 Å². The van der Waals surface area contributed by atoms with Crippen LogP contribution < -0.4 is 5.73 Å². The van der Waals surface area contributed by atoms with Crippen LogP contribution in [0.5, 0.6) is 0 Å². The van der Waals surface area contributed by atoms with Gasteiger partial charge in [-0.2, -0.15) is 17.0 Å². The Labute approximate surface area is 124 Å². The molecule has 0 heterocycles. The molecule has 0 amide bonds. The molecule has 0 aliphatic heterocycles. The predicted molar refractivity (Wildman–Crippen MR) is 83.6 cm³/mol. The van der Waals surface area contributed by atoms with Crippen molar-refractivity contribution in [2.75, 3.05) is 26.2 Å². The van der Waals surface area contributed by atoms with Gasteiger partial charge in [-0.05, 0) is 38.1 Å². The van der Waals surface area contributed by atoms with Crippen LogP contribution in [0.15, 0.2) is 0 Å². The van der Waals surface area contributed by atoms with E-state index in [1.54, 1.807) is 8.61 Å². The summed E-state index contributed by atoms with van der Waals surface area (Å²) < 4.78 is 29.1. The summed E-state index contributed by atoms with van der Waals surface area (Å²) in [6.45, 7) is 8.30. The zero-order chi connectivity index (χ0) is 15.2. The Hall–Kier alpha value is -0.170. The Bertz CT molecular complexity index is 367. The van der Waals surface area contributed by atoms with Crippen molar-refractivity contribution < 1.29 is 8.42 Å². The summed E-state index contributed by atoms with van der Waals surface area (Å²) in [7, 11) is -3.35. The molecule has 5 nitrogen and oxygen atoms in total. The largest absolute Gasteiger partial charge is 0.330 e. The van der Waals surface area contributed by atoms with E-state index in [1.807, 2.05) is 20.8 Å². The highest BCUT2D eigenvalue weighted by molar-refractivity contribution is 7.86. The zero-order valence-electron chi connectivity index (χ0n) is 13.2. The van der Waals surface area contributed by atoms with Gasteiger partial charge in [0.15, 0.2) is 0 Å². The first kappa shape index (κ1) is 17.9. The molecule has 1 saturated carbocycles. The quantitative estimate of drug-likeness (QED) is 0.706. The molecule has 0 bridgehead atoms. The van der Waals surface area contributed by atoms with Gasteiger partial charge in [-0.15, -0.1) is 0 Å². The minimum absolute atomic E-state index is 0.0891. The van der Waals surface area contributed by atoms with E-state index >= 15 is 0 Å². The summed E-state index contributed by atoms with van der Waals surface area (Å²) in [5, 5.41) is 0. The molecule has 1 rings (SSSR count). The van der Waals surface area contributed by atoms with Gasteiger partial charge in [-0.1, -0.05) is 27.2 Å². The van der Waals surface area contributed by atoms with E-state index in [9.17, 15) is 8.42 Å². The van der Waals surface area contributed by atoms with E-state index in [4.69, 9.17) is 5.73 Å². The Morgan fingerprint density at radius 1 is 1.10 bits per heavy atom. The zero-order valence-corrected chi connectivity index (χ0v) is 14.0. The van der Waals surface area contributed by atoms with Crippen LogP contribution in [0.4, 0.5) is 0 Å². The standard InChI is InChI=1S/C14H31N3O2S/c1-4-10-16(11-5-2)20(18,19)17(6-3)14-9-7-8-13(14)12-15/h13-14H,4-12,15H2,1-3H3. The van der Waals surface area contributed by atoms with Crippen LogP contribution >= 0.6 is 0 Å². The fourth-order valence-corrected chi connectivity index (χ4v) is 5.30. The summed E-state index contributed by atoms with van der Waals surface area (Å²) >= 11 is 0. The first-order chi connectivity index (χ1) is 9.52. The van der Waals surface area contributed by atoms with Gasteiger partial charge in [-0.3, -0.25) is 0 Å². The van der Waals surface area contributed by atoms with Crippen LogP contribution in [0.3, 0.4) is 0 Å². The smallest absolute Gasteiger partial charge is 0.282 e. The second-order valence-electron chi connectivity index (χ2n) is 5.60. The van der Waals surface area contributed by atoms with Crippen molar-refractivity contribution in [1.29, 1.82) is 0 Å². The highest BCUT2D eigenvalue weighted by atomic mass is 32.2. The topological polar surface area (TPSA) is 66.6 Å². The molecule has 0 saturated heterocycles. The van der Waals surface area contributed by atoms with Gasteiger partial charge < -0.3 is 5.73 Å². The highest BCUT2D eigenvalue weighted by Gasteiger charge is 2.39. The average molecular weight is 305 g/mol. The molecule has 1 aliphatic carbocycles. The first-order valence-corrected chi connectivity index (χ1v) is 9.39. The Balaban J connectivity index is 2.95. The summed E-state index contributed by atoms with van der Waals surface area (Å²) in [5.41, 5.74) is 5.82. The molecule has 2 unspecified atom stereocenters. The van der Waals surface area contributed by atoms with Gasteiger partial charge >= 0.3 is 0 Å². The molecule has 120 valence electrons. The van der Waals surface area contributed by atoms with Gasteiger partial charge in [0.1, 0.15) is 0 Å². The van der Waals surface area contributed by atoms with Gasteiger partial charge in [0.25, 0.3) is 10.2 Å². The predicted octanol–water partition coefficient (Wildman–Crippen LogP) is 1.80. The van der Waals surface area contributed by atoms with Crippen LogP contribution in [-0.4, -0.2) is 49.2 Å². The first-order valence-electron chi connectivity index (χ1n) is 7.99. The lowest BCUT2D eigenvalue weighted by atomic mass is 10.0. The fraction of sp³-hybridized carbons (Fsp3) is 1.00. The second-order valence-corrected chi connectivity index (χ2v) is 7.49. The van der Waals surface area contributed by atoms with Crippen LogP contribution in [0.2, 0.25) is 0 Å². The summed E-state index contributed by atoms with van der Waals surface area (Å²) in [5.74, 6) is 0.315. The van der Waals surface area contributed by atoms with Gasteiger partial charge in [0.2, 0.25) is 0 Å². The number of rotatable bonds is 9. The molecule has 6 heteroatoms. The maximum absolute atomic E-state index is 12.9. The van der Waals surface area contributed by atoms with Crippen LogP contribution in [0.25, 0.3) is 0 Å². The molecule has 1 fully saturated rings. The number of nitrogens with zero attached hydrogens (tertiary/aromatic N) is 2. The third-order valence-electron chi connectivity index (χ3n) is 4.17. The SMILES string of the molecule is CCCN(CCC)S(=O)(=O)N(CC)C1CCCC1CN. The number of hydrogen-bond acceptors (Lipinski definition) is 3. The normalized spacial score (nSPS) is 23.9. The van der Waals surface area contributed by atoms with Crippen molar-refractivity contribution >= 4 is 10.2 Å². The maximum atomic E-state index is 12.9. The molecule has 0 aromatic carbocycles. The van der Waals surface area contributed by atoms with Crippen LogP contribution in [-0.2, 0) is 10.2 Å². The Morgan fingerprint density at radius 2 is 1.70 bits per heavy atom. The lowest BCUT2D eigenvalue weighted by Crippen LogP contribution is -2.51. The van der Waals surface area contributed by atoms with E-state index in [0.29, 0.717) is 32.1 Å². The molecule has 2 N–H and O–H groups in total. The van der Waals surface area contributed by atoms with Crippen molar-refractivity contribution in [2.45, 2.75) is 58.9 Å². The van der Waals surface area contributed by atoms with Crippen molar-refractivity contribution in [1.82, 2.24) is 8.61 Å². The summed E-state index contributed by atoms with van der Waals surface area (Å²) in [4.78, 5) is 0. The Morgan fingerprint density at radius 3 is 2.15 bits per heavy atom. The van der Waals surface area contributed by atoms with Crippen LogP contribution in [0, 0.1) is 5.92 Å². The van der Waals surface area contributed by atoms with E-state index < -0.39 is 10.2 Å². The average Bonchev–Trinajstić information content (AvgIpc) is 2.87. The lowest BCUT2D eigenvalue weighted by molar-refractivity contribution is 0.250. The molecular weight excluding hydrogens is 274 g/mol. The summed E-state index contributed by atoms with van der Waals surface area (Å²) in [6.07, 6.45) is 4.78. The van der Waals surface area contributed by atoms with Crippen molar-refractivity contribution in [3.05, 3.63) is 0 Å². The minimum atomic E-state index is -3.35. The molecule has 20 heavy (non-hydrogen) atoms. The molecule has 0 aromatic rings. The van der Waals surface area contributed by atoms with E-state index in [1.165, 1.54) is 0 Å². The lowest BCUT2D eigenvalue weighted by Gasteiger charge is -2.35. The minimum Gasteiger partial charge on any atom is -0.330 e. The second kappa shape index (κ2) is 8.32. The monoisotopic (exact) mass is 305 g/mol. The van der Waals surface area contributed by atoms with Crippen molar-refractivity contribution in [2.24, 2.45) is 11.7 Å². The van der Waals surface area contributed by atoms with Crippen LogP contribution in [0.1, 0.15) is 52.9 Å². The Kier molecular flexibility index (Phi) is 7.43. The fourth-order valence-electron chi connectivity index (χ4n) is 3.23. The number of hydrogen-bond donors (Lipinski definition) is 1. The van der Waals surface area contributed by atoms with Gasteiger partial charge in [-0.25, -0.2) is 0 Å². The van der Waals surface area contributed by atoms with E-state index in [2.05, 4.69) is 0 Å². The molecule has 2 atom stereocenters. The molecule has 0 aromatic heterocycles. The third kappa shape index (κ3) is 3.93. The van der Waals surface area contributed by atoms with Gasteiger partial charge in [0.05, 0.1) is 0 Å².